The van der Waals surface area contributed by atoms with Gasteiger partial charge in [0.15, 0.2) is 0 Å². The number of anilines is 1. The Labute approximate surface area is 106 Å². The molecule has 1 aliphatic heterocycles. The van der Waals surface area contributed by atoms with Crippen LogP contribution < -0.4 is 10.1 Å². The second-order valence-electron chi connectivity index (χ2n) is 4.22. The fraction of sp³-hybridized carbons (Fsp3) is 0.636. The summed E-state index contributed by atoms with van der Waals surface area (Å²) in [6.45, 7) is 2.10. The topological polar surface area (TPSA) is 50.3 Å². The smallest absolute Gasteiger partial charge is 0.237 e. The highest BCUT2D eigenvalue weighted by atomic mass is 35.5. The second-order valence-corrected chi connectivity index (χ2v) is 4.62. The zero-order valence-corrected chi connectivity index (χ0v) is 10.9. The molecule has 2 rings (SSSR count). The van der Waals surface area contributed by atoms with Crippen LogP contribution in [0, 0.1) is 0 Å². The van der Waals surface area contributed by atoms with E-state index < -0.39 is 0 Å². The van der Waals surface area contributed by atoms with Crippen molar-refractivity contribution in [1.29, 1.82) is 0 Å². The lowest BCUT2D eigenvalue weighted by Crippen LogP contribution is -2.35. The normalized spacial score (nSPS) is 18.1. The highest BCUT2D eigenvalue weighted by Gasteiger charge is 2.19. The Balaban J connectivity index is 2.02. The minimum atomic E-state index is 0.198. The molecule has 17 heavy (non-hydrogen) atoms. The Bertz CT molecular complexity index is 380. The predicted octanol–water partition coefficient (Wildman–Crippen LogP) is 1.64. The number of nitrogens with zero attached hydrogens (tertiary/aromatic N) is 3. The van der Waals surface area contributed by atoms with Gasteiger partial charge in [0.2, 0.25) is 11.8 Å². The van der Waals surface area contributed by atoms with Crippen molar-refractivity contribution in [1.82, 2.24) is 14.9 Å². The van der Waals surface area contributed by atoms with Crippen LogP contribution in [0.15, 0.2) is 6.20 Å². The van der Waals surface area contributed by atoms with E-state index in [0.717, 1.165) is 25.9 Å². The fourth-order valence-corrected chi connectivity index (χ4v) is 1.95. The molecule has 0 bridgehead atoms. The Morgan fingerprint density at radius 1 is 1.47 bits per heavy atom. The van der Waals surface area contributed by atoms with Crippen molar-refractivity contribution >= 4 is 17.5 Å². The van der Waals surface area contributed by atoms with Gasteiger partial charge in [-0.25, -0.2) is 4.98 Å². The molecule has 0 amide bonds. The number of aromatic nitrogens is 2. The van der Waals surface area contributed by atoms with Crippen LogP contribution in [0.25, 0.3) is 0 Å². The largest absolute Gasteiger partial charge is 0.473 e. The number of ether oxygens (including phenoxy) is 1. The van der Waals surface area contributed by atoms with E-state index in [1.807, 2.05) is 0 Å². The van der Waals surface area contributed by atoms with Gasteiger partial charge in [0.25, 0.3) is 0 Å². The summed E-state index contributed by atoms with van der Waals surface area (Å²) in [4.78, 5) is 10.5. The van der Waals surface area contributed by atoms with Gasteiger partial charge in [-0.05, 0) is 19.9 Å². The Kier molecular flexibility index (Phi) is 4.02. The maximum atomic E-state index is 6.01. The lowest BCUT2D eigenvalue weighted by Gasteiger charge is -2.29. The third kappa shape index (κ3) is 3.20. The molecule has 0 saturated carbocycles. The average Bonchev–Trinajstić information content (AvgIpc) is 2.35. The van der Waals surface area contributed by atoms with Crippen molar-refractivity contribution in [2.24, 2.45) is 0 Å². The maximum Gasteiger partial charge on any atom is 0.237 e. The summed E-state index contributed by atoms with van der Waals surface area (Å²) >= 11 is 6.01. The average molecular weight is 257 g/mol. The van der Waals surface area contributed by atoms with Crippen LogP contribution in [0.2, 0.25) is 5.02 Å². The van der Waals surface area contributed by atoms with Gasteiger partial charge in [-0.15, -0.1) is 0 Å². The van der Waals surface area contributed by atoms with Crippen molar-refractivity contribution < 1.29 is 4.74 Å². The first kappa shape index (κ1) is 12.4. The first-order valence-electron chi connectivity index (χ1n) is 5.74. The summed E-state index contributed by atoms with van der Waals surface area (Å²) in [6.07, 6.45) is 3.77. The standard InChI is InChI=1S/C11H17ClN4O/c1-13-11-14-7-9(12)10(15-11)17-8-3-5-16(2)6-4-8/h7-8H,3-6H2,1-2H3,(H,13,14,15). The number of hydrogen-bond acceptors (Lipinski definition) is 5. The molecule has 1 fully saturated rings. The maximum absolute atomic E-state index is 6.01. The van der Waals surface area contributed by atoms with E-state index in [1.54, 1.807) is 13.2 Å². The first-order chi connectivity index (χ1) is 8.19. The van der Waals surface area contributed by atoms with Gasteiger partial charge in [0.05, 0.1) is 6.20 Å². The molecule has 2 heterocycles. The van der Waals surface area contributed by atoms with Crippen molar-refractivity contribution in [3.05, 3.63) is 11.2 Å². The molecule has 1 N–H and O–H groups in total. The number of likely N-dealkylation sites (tertiary alicyclic amines) is 1. The first-order valence-corrected chi connectivity index (χ1v) is 6.12. The van der Waals surface area contributed by atoms with Gasteiger partial charge in [0, 0.05) is 20.1 Å². The highest BCUT2D eigenvalue weighted by molar-refractivity contribution is 6.31. The number of hydrogen-bond donors (Lipinski definition) is 1. The number of halogens is 1. The number of rotatable bonds is 3. The van der Waals surface area contributed by atoms with Gasteiger partial charge in [-0.1, -0.05) is 11.6 Å². The molecule has 0 radical (unpaired) electrons. The van der Waals surface area contributed by atoms with Crippen LogP contribution in [0.4, 0.5) is 5.95 Å². The molecule has 0 aliphatic carbocycles. The van der Waals surface area contributed by atoms with Crippen molar-refractivity contribution in [3.8, 4) is 5.88 Å². The van der Waals surface area contributed by atoms with E-state index in [-0.39, 0.29) is 6.10 Å². The summed E-state index contributed by atoms with van der Waals surface area (Å²) in [5.74, 6) is 0.998. The molecule has 5 nitrogen and oxygen atoms in total. The molecule has 94 valence electrons. The minimum absolute atomic E-state index is 0.198. The molecule has 1 aromatic rings. The molecule has 0 atom stereocenters. The lowest BCUT2D eigenvalue weighted by atomic mass is 10.1. The molecule has 6 heteroatoms. The van der Waals surface area contributed by atoms with Gasteiger partial charge in [0.1, 0.15) is 11.1 Å². The van der Waals surface area contributed by atoms with Crippen LogP contribution in [0.3, 0.4) is 0 Å². The van der Waals surface area contributed by atoms with E-state index in [4.69, 9.17) is 16.3 Å². The van der Waals surface area contributed by atoms with Crippen LogP contribution in [0.1, 0.15) is 12.8 Å². The summed E-state index contributed by atoms with van der Waals surface area (Å²) in [5, 5.41) is 3.33. The SMILES string of the molecule is CNc1ncc(Cl)c(OC2CCN(C)CC2)n1. The molecule has 0 aromatic carbocycles. The highest BCUT2D eigenvalue weighted by Crippen LogP contribution is 2.25. The zero-order valence-electron chi connectivity index (χ0n) is 10.1. The summed E-state index contributed by atoms with van der Waals surface area (Å²) < 4.78 is 5.83. The lowest BCUT2D eigenvalue weighted by molar-refractivity contribution is 0.110. The monoisotopic (exact) mass is 256 g/mol. The van der Waals surface area contributed by atoms with E-state index in [0.29, 0.717) is 16.9 Å². The van der Waals surface area contributed by atoms with Gasteiger partial charge in [-0.3, -0.25) is 0 Å². The van der Waals surface area contributed by atoms with E-state index >= 15 is 0 Å². The van der Waals surface area contributed by atoms with E-state index in [2.05, 4.69) is 27.2 Å². The third-order valence-electron chi connectivity index (χ3n) is 2.88. The summed E-state index contributed by atoms with van der Waals surface area (Å²) in [7, 11) is 3.88. The predicted molar refractivity (Wildman–Crippen MR) is 67.7 cm³/mol. The fourth-order valence-electron chi connectivity index (χ4n) is 1.82. The van der Waals surface area contributed by atoms with Crippen molar-refractivity contribution in [2.45, 2.75) is 18.9 Å². The molecule has 1 aliphatic rings. The molecule has 1 aromatic heterocycles. The third-order valence-corrected chi connectivity index (χ3v) is 3.14. The van der Waals surface area contributed by atoms with Crippen LogP contribution in [-0.4, -0.2) is 48.2 Å². The number of piperidine rings is 1. The quantitative estimate of drug-likeness (QED) is 0.891. The van der Waals surface area contributed by atoms with Crippen LogP contribution in [0.5, 0.6) is 5.88 Å². The molecular weight excluding hydrogens is 240 g/mol. The number of nitrogens with one attached hydrogen (secondary N) is 1. The molecular formula is C11H17ClN4O. The molecule has 1 saturated heterocycles. The van der Waals surface area contributed by atoms with Crippen LogP contribution >= 0.6 is 11.6 Å². The van der Waals surface area contributed by atoms with E-state index in [9.17, 15) is 0 Å². The Morgan fingerprint density at radius 3 is 2.82 bits per heavy atom. The Hall–Kier alpha value is -1.07. The summed E-state index contributed by atoms with van der Waals surface area (Å²) in [6, 6.07) is 0. The van der Waals surface area contributed by atoms with Crippen LogP contribution in [-0.2, 0) is 0 Å². The van der Waals surface area contributed by atoms with Crippen molar-refractivity contribution in [2.75, 3.05) is 32.5 Å². The Morgan fingerprint density at radius 2 is 2.18 bits per heavy atom. The molecule has 0 spiro atoms. The second kappa shape index (κ2) is 5.51. The van der Waals surface area contributed by atoms with Crippen molar-refractivity contribution in [3.63, 3.8) is 0 Å². The van der Waals surface area contributed by atoms with E-state index in [1.165, 1.54) is 0 Å². The van der Waals surface area contributed by atoms with Gasteiger partial charge in [-0.2, -0.15) is 4.98 Å². The van der Waals surface area contributed by atoms with Gasteiger partial charge < -0.3 is 15.0 Å². The molecule has 0 unspecified atom stereocenters. The summed E-state index contributed by atoms with van der Waals surface area (Å²) in [5.41, 5.74) is 0. The zero-order chi connectivity index (χ0) is 12.3. The minimum Gasteiger partial charge on any atom is -0.473 e. The van der Waals surface area contributed by atoms with Gasteiger partial charge >= 0.3 is 0 Å².